The van der Waals surface area contributed by atoms with E-state index in [1.54, 1.807) is 0 Å². The lowest BCUT2D eigenvalue weighted by Gasteiger charge is -2.12. The molecule has 0 bridgehead atoms. The van der Waals surface area contributed by atoms with Crippen LogP contribution in [0.3, 0.4) is 0 Å². The highest BCUT2D eigenvalue weighted by atomic mass is 32.2. The van der Waals surface area contributed by atoms with E-state index < -0.39 is 6.10 Å². The van der Waals surface area contributed by atoms with Crippen LogP contribution in [0.2, 0.25) is 0 Å². The van der Waals surface area contributed by atoms with Gasteiger partial charge in [-0.25, -0.2) is 0 Å². The molecule has 2 N–H and O–H groups in total. The monoisotopic (exact) mass is 233 g/mol. The second-order valence-corrected chi connectivity index (χ2v) is 4.87. The molecular weight excluding hydrogens is 214 g/mol. The molecule has 0 aliphatic heterocycles. The molecule has 0 radical (unpaired) electrons. The van der Waals surface area contributed by atoms with Crippen LogP contribution in [-0.4, -0.2) is 34.5 Å². The molecule has 0 saturated carbocycles. The van der Waals surface area contributed by atoms with Crippen molar-refractivity contribution in [2.45, 2.75) is 33.3 Å². The summed E-state index contributed by atoms with van der Waals surface area (Å²) in [5, 5.41) is 12.0. The van der Waals surface area contributed by atoms with Gasteiger partial charge in [0.2, 0.25) is 5.91 Å². The van der Waals surface area contributed by atoms with Crippen LogP contribution >= 0.6 is 11.8 Å². The Bertz CT molecular complexity index is 219. The van der Waals surface area contributed by atoms with Crippen molar-refractivity contribution in [3.8, 4) is 0 Å². The van der Waals surface area contributed by atoms with Crippen molar-refractivity contribution >= 4 is 22.8 Å². The maximum absolute atomic E-state index is 11.3. The molecule has 0 aliphatic carbocycles. The van der Waals surface area contributed by atoms with E-state index >= 15 is 0 Å². The van der Waals surface area contributed by atoms with Crippen molar-refractivity contribution in [2.75, 3.05) is 12.3 Å². The molecule has 0 unspecified atom stereocenters. The fourth-order valence-corrected chi connectivity index (χ4v) is 1.58. The number of aliphatic hydroxyl groups is 1. The Labute approximate surface area is 94.8 Å². The molecule has 88 valence electrons. The summed E-state index contributed by atoms with van der Waals surface area (Å²) in [5.74, 6) is 0.568. The Morgan fingerprint density at radius 2 is 2.00 bits per heavy atom. The Hall–Kier alpha value is -0.550. The zero-order chi connectivity index (χ0) is 11.8. The van der Waals surface area contributed by atoms with Crippen LogP contribution in [-0.2, 0) is 9.59 Å². The van der Waals surface area contributed by atoms with Crippen LogP contribution in [0.4, 0.5) is 0 Å². The number of nitrogens with one attached hydrogen (secondary N) is 1. The zero-order valence-electron chi connectivity index (χ0n) is 9.45. The van der Waals surface area contributed by atoms with Crippen molar-refractivity contribution in [1.82, 2.24) is 5.32 Å². The fraction of sp³-hybridized carbons (Fsp3) is 0.800. The Balaban J connectivity index is 3.53. The molecule has 0 spiro atoms. The van der Waals surface area contributed by atoms with Gasteiger partial charge in [-0.2, -0.15) is 0 Å². The van der Waals surface area contributed by atoms with Crippen LogP contribution in [0.15, 0.2) is 0 Å². The third-order valence-corrected chi connectivity index (χ3v) is 2.78. The first-order valence-corrected chi connectivity index (χ1v) is 6.00. The summed E-state index contributed by atoms with van der Waals surface area (Å²) >= 11 is 1.15. The van der Waals surface area contributed by atoms with Crippen LogP contribution in [0.1, 0.15) is 27.2 Å². The Kier molecular flexibility index (Phi) is 7.42. The molecule has 0 heterocycles. The zero-order valence-corrected chi connectivity index (χ0v) is 10.3. The summed E-state index contributed by atoms with van der Waals surface area (Å²) in [6.45, 7) is 5.68. The molecule has 0 rings (SSSR count). The third kappa shape index (κ3) is 8.44. The molecule has 4 nitrogen and oxygen atoms in total. The van der Waals surface area contributed by atoms with Gasteiger partial charge >= 0.3 is 0 Å². The summed E-state index contributed by atoms with van der Waals surface area (Å²) in [4.78, 5) is 21.8. The van der Waals surface area contributed by atoms with Crippen LogP contribution in [0, 0.1) is 5.92 Å². The Morgan fingerprint density at radius 1 is 1.40 bits per heavy atom. The minimum Gasteiger partial charge on any atom is -0.392 e. The highest BCUT2D eigenvalue weighted by Gasteiger charge is 2.14. The highest BCUT2D eigenvalue weighted by molar-refractivity contribution is 8.13. The van der Waals surface area contributed by atoms with Crippen molar-refractivity contribution < 1.29 is 14.7 Å². The molecular formula is C10H19NO3S. The largest absolute Gasteiger partial charge is 0.392 e. The molecule has 0 fully saturated rings. The van der Waals surface area contributed by atoms with Crippen LogP contribution < -0.4 is 5.32 Å². The minimum absolute atomic E-state index is 0.0263. The van der Waals surface area contributed by atoms with Gasteiger partial charge in [0.05, 0.1) is 6.10 Å². The van der Waals surface area contributed by atoms with E-state index in [9.17, 15) is 14.7 Å². The van der Waals surface area contributed by atoms with Crippen LogP contribution in [0.25, 0.3) is 0 Å². The number of carbonyl (C=O) groups is 2. The van der Waals surface area contributed by atoms with Gasteiger partial charge in [0.1, 0.15) is 0 Å². The third-order valence-electron chi connectivity index (χ3n) is 1.88. The maximum atomic E-state index is 11.3. The first kappa shape index (κ1) is 14.5. The van der Waals surface area contributed by atoms with Gasteiger partial charge in [-0.3, -0.25) is 9.59 Å². The lowest BCUT2D eigenvalue weighted by Crippen LogP contribution is -2.23. The number of hydrogen-bond acceptors (Lipinski definition) is 4. The van der Waals surface area contributed by atoms with E-state index in [4.69, 9.17) is 0 Å². The SMILES string of the molecule is CC(=O)NCCSC(=O)C[C@H](O)C(C)C. The number of rotatable bonds is 6. The number of carbonyl (C=O) groups excluding carboxylic acids is 2. The van der Waals surface area contributed by atoms with E-state index in [1.807, 2.05) is 13.8 Å². The Morgan fingerprint density at radius 3 is 2.47 bits per heavy atom. The molecule has 1 amide bonds. The smallest absolute Gasteiger partial charge is 0.216 e. The summed E-state index contributed by atoms with van der Waals surface area (Å²) in [6.07, 6.45) is -0.381. The van der Waals surface area contributed by atoms with Gasteiger partial charge in [-0.15, -0.1) is 0 Å². The number of hydrogen-bond donors (Lipinski definition) is 2. The van der Waals surface area contributed by atoms with E-state index in [0.29, 0.717) is 12.3 Å². The standard InChI is InChI=1S/C10H19NO3S/c1-7(2)9(13)6-10(14)15-5-4-11-8(3)12/h7,9,13H,4-6H2,1-3H3,(H,11,12)/t9-/m0/s1. The van der Waals surface area contributed by atoms with Crippen LogP contribution in [0.5, 0.6) is 0 Å². The van der Waals surface area contributed by atoms with Gasteiger partial charge in [-0.1, -0.05) is 25.6 Å². The van der Waals surface area contributed by atoms with Gasteiger partial charge in [0, 0.05) is 25.6 Å². The van der Waals surface area contributed by atoms with Crippen molar-refractivity contribution in [3.63, 3.8) is 0 Å². The molecule has 0 aliphatic rings. The van der Waals surface area contributed by atoms with Crippen molar-refractivity contribution in [1.29, 1.82) is 0 Å². The van der Waals surface area contributed by atoms with E-state index in [1.165, 1.54) is 6.92 Å². The lowest BCUT2D eigenvalue weighted by atomic mass is 10.1. The molecule has 5 heteroatoms. The van der Waals surface area contributed by atoms with E-state index in [0.717, 1.165) is 11.8 Å². The quantitative estimate of drug-likeness (QED) is 0.666. The average molecular weight is 233 g/mol. The normalized spacial score (nSPS) is 12.6. The highest BCUT2D eigenvalue weighted by Crippen LogP contribution is 2.12. The first-order valence-electron chi connectivity index (χ1n) is 5.01. The second kappa shape index (κ2) is 7.70. The van der Waals surface area contributed by atoms with Gasteiger partial charge in [-0.05, 0) is 5.92 Å². The fourth-order valence-electron chi connectivity index (χ4n) is 0.857. The molecule has 0 saturated heterocycles. The average Bonchev–Trinajstić information content (AvgIpc) is 2.12. The summed E-state index contributed by atoms with van der Waals surface area (Å²) in [7, 11) is 0. The number of aliphatic hydroxyl groups excluding tert-OH is 1. The molecule has 0 aromatic heterocycles. The predicted molar refractivity (Wildman–Crippen MR) is 61.6 cm³/mol. The summed E-state index contributed by atoms with van der Waals surface area (Å²) < 4.78 is 0. The molecule has 0 aromatic rings. The lowest BCUT2D eigenvalue weighted by molar-refractivity contribution is -0.119. The topological polar surface area (TPSA) is 66.4 Å². The molecule has 0 aromatic carbocycles. The molecule has 1 atom stereocenters. The second-order valence-electron chi connectivity index (χ2n) is 3.72. The number of thioether (sulfide) groups is 1. The predicted octanol–water partition coefficient (Wildman–Crippen LogP) is 0.789. The minimum atomic E-state index is -0.564. The van der Waals surface area contributed by atoms with Gasteiger partial charge in [0.15, 0.2) is 5.12 Å². The van der Waals surface area contributed by atoms with Crippen molar-refractivity contribution in [2.24, 2.45) is 5.92 Å². The maximum Gasteiger partial charge on any atom is 0.216 e. The van der Waals surface area contributed by atoms with Gasteiger partial charge < -0.3 is 10.4 Å². The van der Waals surface area contributed by atoms with Crippen molar-refractivity contribution in [3.05, 3.63) is 0 Å². The summed E-state index contributed by atoms with van der Waals surface area (Å²) in [5.41, 5.74) is 0. The number of amides is 1. The molecule has 15 heavy (non-hydrogen) atoms. The first-order chi connectivity index (χ1) is 6.93. The van der Waals surface area contributed by atoms with Gasteiger partial charge in [0.25, 0.3) is 0 Å². The van der Waals surface area contributed by atoms with E-state index in [2.05, 4.69) is 5.32 Å². The summed E-state index contributed by atoms with van der Waals surface area (Å²) in [6, 6.07) is 0. The van der Waals surface area contributed by atoms with E-state index in [-0.39, 0.29) is 23.4 Å².